The van der Waals surface area contributed by atoms with E-state index in [2.05, 4.69) is 11.1 Å². The van der Waals surface area contributed by atoms with Crippen LogP contribution in [0.3, 0.4) is 0 Å². The Balaban J connectivity index is 2.84. The van der Waals surface area contributed by atoms with Crippen molar-refractivity contribution >= 4 is 5.52 Å². The van der Waals surface area contributed by atoms with Crippen molar-refractivity contribution in [1.82, 2.24) is 9.38 Å². The van der Waals surface area contributed by atoms with E-state index in [1.807, 2.05) is 23.6 Å². The van der Waals surface area contributed by atoms with Gasteiger partial charge in [0.25, 0.3) is 0 Å². The molecular formula is C10H9N3. The molecule has 3 nitrogen and oxygen atoms in total. The average molecular weight is 171 g/mol. The van der Waals surface area contributed by atoms with Crippen molar-refractivity contribution in [2.24, 2.45) is 0 Å². The SMILES string of the molecule is CCc1c(C#N)ccn2cncc12. The number of nitriles is 1. The minimum absolute atomic E-state index is 0.746. The first-order valence-corrected chi connectivity index (χ1v) is 4.20. The molecule has 2 aromatic rings. The van der Waals surface area contributed by atoms with Crippen LogP contribution in [0.5, 0.6) is 0 Å². The highest BCUT2D eigenvalue weighted by molar-refractivity contribution is 5.59. The van der Waals surface area contributed by atoms with E-state index in [1.165, 1.54) is 0 Å². The lowest BCUT2D eigenvalue weighted by Crippen LogP contribution is -1.92. The first-order valence-electron chi connectivity index (χ1n) is 4.20. The number of aromatic nitrogens is 2. The molecule has 2 aromatic heterocycles. The van der Waals surface area contributed by atoms with Gasteiger partial charge >= 0.3 is 0 Å². The molecule has 0 aliphatic rings. The number of aryl methyl sites for hydroxylation is 1. The van der Waals surface area contributed by atoms with Crippen molar-refractivity contribution in [3.05, 3.63) is 35.9 Å². The molecule has 0 N–H and O–H groups in total. The summed E-state index contributed by atoms with van der Waals surface area (Å²) in [5.74, 6) is 0. The lowest BCUT2D eigenvalue weighted by Gasteiger charge is -2.02. The minimum Gasteiger partial charge on any atom is -0.306 e. The molecule has 13 heavy (non-hydrogen) atoms. The first kappa shape index (κ1) is 7.81. The van der Waals surface area contributed by atoms with Crippen LogP contribution in [-0.4, -0.2) is 9.38 Å². The third-order valence-electron chi connectivity index (χ3n) is 2.18. The zero-order chi connectivity index (χ0) is 9.26. The molecule has 3 heteroatoms. The number of pyridine rings is 1. The van der Waals surface area contributed by atoms with Crippen molar-refractivity contribution in [2.45, 2.75) is 13.3 Å². The van der Waals surface area contributed by atoms with E-state index in [0.29, 0.717) is 0 Å². The Hall–Kier alpha value is -1.82. The summed E-state index contributed by atoms with van der Waals surface area (Å²) in [7, 11) is 0. The Morgan fingerprint density at radius 2 is 2.46 bits per heavy atom. The number of hydrogen-bond acceptors (Lipinski definition) is 2. The molecule has 0 radical (unpaired) electrons. The van der Waals surface area contributed by atoms with E-state index < -0.39 is 0 Å². The lowest BCUT2D eigenvalue weighted by molar-refractivity contribution is 1.08. The van der Waals surface area contributed by atoms with Crippen molar-refractivity contribution in [2.75, 3.05) is 0 Å². The van der Waals surface area contributed by atoms with Crippen LogP contribution in [0.15, 0.2) is 24.8 Å². The van der Waals surface area contributed by atoms with Gasteiger partial charge in [0.15, 0.2) is 0 Å². The van der Waals surface area contributed by atoms with Gasteiger partial charge in [-0.3, -0.25) is 0 Å². The number of nitrogens with zero attached hydrogens (tertiary/aromatic N) is 3. The number of hydrogen-bond donors (Lipinski definition) is 0. The van der Waals surface area contributed by atoms with Crippen LogP contribution < -0.4 is 0 Å². The van der Waals surface area contributed by atoms with E-state index in [1.54, 1.807) is 12.5 Å². The van der Waals surface area contributed by atoms with Gasteiger partial charge in [-0.05, 0) is 18.1 Å². The summed E-state index contributed by atoms with van der Waals surface area (Å²) < 4.78 is 1.93. The predicted octanol–water partition coefficient (Wildman–Crippen LogP) is 1.77. The first-order chi connectivity index (χ1) is 6.36. The molecule has 0 atom stereocenters. The average Bonchev–Trinajstić information content (AvgIpc) is 2.63. The molecule has 0 aliphatic heterocycles. The van der Waals surface area contributed by atoms with Gasteiger partial charge in [0.1, 0.15) is 0 Å². The van der Waals surface area contributed by atoms with E-state index >= 15 is 0 Å². The highest BCUT2D eigenvalue weighted by Crippen LogP contribution is 2.15. The van der Waals surface area contributed by atoms with Crippen LogP contribution >= 0.6 is 0 Å². The van der Waals surface area contributed by atoms with Gasteiger partial charge in [0, 0.05) is 6.20 Å². The van der Waals surface area contributed by atoms with E-state index in [0.717, 1.165) is 23.1 Å². The quantitative estimate of drug-likeness (QED) is 0.656. The predicted molar refractivity (Wildman–Crippen MR) is 49.3 cm³/mol. The van der Waals surface area contributed by atoms with Gasteiger partial charge in [-0.2, -0.15) is 5.26 Å². The van der Waals surface area contributed by atoms with Crippen LogP contribution in [0.1, 0.15) is 18.1 Å². The zero-order valence-electron chi connectivity index (χ0n) is 7.36. The second-order valence-electron chi connectivity index (χ2n) is 2.86. The molecule has 0 aromatic carbocycles. The fourth-order valence-electron chi connectivity index (χ4n) is 1.53. The Labute approximate surface area is 76.3 Å². The summed E-state index contributed by atoms with van der Waals surface area (Å²) in [5.41, 5.74) is 2.85. The third kappa shape index (κ3) is 1.07. The smallest absolute Gasteiger partial charge is 0.0995 e. The number of rotatable bonds is 1. The minimum atomic E-state index is 0.746. The van der Waals surface area contributed by atoms with Crippen molar-refractivity contribution < 1.29 is 0 Å². The van der Waals surface area contributed by atoms with Gasteiger partial charge < -0.3 is 4.40 Å². The maximum absolute atomic E-state index is 8.87. The van der Waals surface area contributed by atoms with Crippen LogP contribution in [0.4, 0.5) is 0 Å². The third-order valence-corrected chi connectivity index (χ3v) is 2.18. The largest absolute Gasteiger partial charge is 0.306 e. The van der Waals surface area contributed by atoms with E-state index in [9.17, 15) is 0 Å². The molecule has 2 rings (SSSR count). The summed E-state index contributed by atoms with van der Waals surface area (Å²) in [4.78, 5) is 4.04. The van der Waals surface area contributed by atoms with E-state index in [-0.39, 0.29) is 0 Å². The molecule has 0 spiro atoms. The van der Waals surface area contributed by atoms with Crippen LogP contribution in [0, 0.1) is 11.3 Å². The summed E-state index contributed by atoms with van der Waals surface area (Å²) in [6.07, 6.45) is 6.26. The highest BCUT2D eigenvalue weighted by atomic mass is 15.0. The van der Waals surface area contributed by atoms with Gasteiger partial charge in [-0.15, -0.1) is 0 Å². The molecule has 0 fully saturated rings. The standard InChI is InChI=1S/C10H9N3/c1-2-9-8(5-11)3-4-13-7-12-6-10(9)13/h3-4,6-7H,2H2,1H3. The summed E-state index contributed by atoms with van der Waals surface area (Å²) in [6.45, 7) is 2.04. The summed E-state index contributed by atoms with van der Waals surface area (Å²) in [6, 6.07) is 4.01. The van der Waals surface area contributed by atoms with Gasteiger partial charge in [0.05, 0.1) is 29.7 Å². The molecule has 0 saturated heterocycles. The molecule has 0 amide bonds. The van der Waals surface area contributed by atoms with Crippen molar-refractivity contribution in [1.29, 1.82) is 5.26 Å². The topological polar surface area (TPSA) is 41.1 Å². The second kappa shape index (κ2) is 2.91. The van der Waals surface area contributed by atoms with Crippen LogP contribution in [-0.2, 0) is 6.42 Å². The van der Waals surface area contributed by atoms with E-state index in [4.69, 9.17) is 5.26 Å². The Morgan fingerprint density at radius 3 is 3.15 bits per heavy atom. The fraction of sp³-hybridized carbons (Fsp3) is 0.200. The molecule has 2 heterocycles. The van der Waals surface area contributed by atoms with Gasteiger partial charge in [0.2, 0.25) is 0 Å². The van der Waals surface area contributed by atoms with Crippen molar-refractivity contribution in [3.8, 4) is 6.07 Å². The molecule has 0 bridgehead atoms. The monoisotopic (exact) mass is 171 g/mol. The van der Waals surface area contributed by atoms with Crippen LogP contribution in [0.25, 0.3) is 5.52 Å². The molecular weight excluding hydrogens is 162 g/mol. The maximum atomic E-state index is 8.87. The highest BCUT2D eigenvalue weighted by Gasteiger charge is 2.05. The maximum Gasteiger partial charge on any atom is 0.0995 e. The van der Waals surface area contributed by atoms with Crippen LogP contribution in [0.2, 0.25) is 0 Å². The molecule has 0 unspecified atom stereocenters. The second-order valence-corrected chi connectivity index (χ2v) is 2.86. The molecule has 0 aliphatic carbocycles. The summed E-state index contributed by atoms with van der Waals surface area (Å²) in [5, 5.41) is 8.87. The zero-order valence-corrected chi connectivity index (χ0v) is 7.36. The van der Waals surface area contributed by atoms with Crippen molar-refractivity contribution in [3.63, 3.8) is 0 Å². The normalized spacial score (nSPS) is 10.2. The fourth-order valence-corrected chi connectivity index (χ4v) is 1.53. The Bertz CT molecular complexity index is 476. The number of imidazole rings is 1. The Kier molecular flexibility index (Phi) is 1.75. The summed E-state index contributed by atoms with van der Waals surface area (Å²) >= 11 is 0. The van der Waals surface area contributed by atoms with Gasteiger partial charge in [-0.25, -0.2) is 4.98 Å². The lowest BCUT2D eigenvalue weighted by atomic mass is 10.1. The molecule has 64 valence electrons. The Morgan fingerprint density at radius 1 is 1.62 bits per heavy atom. The van der Waals surface area contributed by atoms with Gasteiger partial charge in [-0.1, -0.05) is 6.92 Å². The number of fused-ring (bicyclic) bond motifs is 1. The molecule has 0 saturated carbocycles.